The van der Waals surface area contributed by atoms with Crippen LogP contribution in [-0.2, 0) is 5.60 Å². The van der Waals surface area contributed by atoms with E-state index in [1.54, 1.807) is 44.4 Å². The second-order valence-corrected chi connectivity index (χ2v) is 5.18. The van der Waals surface area contributed by atoms with Crippen LogP contribution in [0.1, 0.15) is 18.2 Å². The van der Waals surface area contributed by atoms with Gasteiger partial charge in [0.25, 0.3) is 0 Å². The molecular weight excluding hydrogens is 283 g/mol. The van der Waals surface area contributed by atoms with Crippen molar-refractivity contribution in [1.82, 2.24) is 9.97 Å². The van der Waals surface area contributed by atoms with E-state index in [0.717, 1.165) is 0 Å². The number of ether oxygens (including phenoxy) is 1. The Morgan fingerprint density at radius 3 is 2.50 bits per heavy atom. The molecule has 0 aliphatic carbocycles. The van der Waals surface area contributed by atoms with Crippen LogP contribution in [0.15, 0.2) is 48.8 Å². The van der Waals surface area contributed by atoms with Gasteiger partial charge in [0.2, 0.25) is 0 Å². The van der Waals surface area contributed by atoms with Gasteiger partial charge in [-0.25, -0.2) is 14.4 Å². The lowest BCUT2D eigenvalue weighted by molar-refractivity contribution is 0.0990. The predicted octanol–water partition coefficient (Wildman–Crippen LogP) is 3.03. The molecule has 4 nitrogen and oxygen atoms in total. The molecule has 0 aliphatic rings. The Morgan fingerprint density at radius 1 is 1.09 bits per heavy atom. The molecule has 1 atom stereocenters. The van der Waals surface area contributed by atoms with Gasteiger partial charge < -0.3 is 9.84 Å². The van der Waals surface area contributed by atoms with E-state index in [-0.39, 0.29) is 5.82 Å². The van der Waals surface area contributed by atoms with Crippen molar-refractivity contribution in [2.45, 2.75) is 12.5 Å². The van der Waals surface area contributed by atoms with Crippen LogP contribution in [0.25, 0.3) is 10.9 Å². The van der Waals surface area contributed by atoms with Crippen LogP contribution in [0.2, 0.25) is 0 Å². The van der Waals surface area contributed by atoms with Crippen molar-refractivity contribution in [2.75, 3.05) is 7.11 Å². The van der Waals surface area contributed by atoms with Crippen molar-refractivity contribution in [3.8, 4) is 5.75 Å². The van der Waals surface area contributed by atoms with E-state index >= 15 is 0 Å². The van der Waals surface area contributed by atoms with E-state index in [1.165, 1.54) is 18.5 Å². The predicted molar refractivity (Wildman–Crippen MR) is 81.2 cm³/mol. The highest BCUT2D eigenvalue weighted by molar-refractivity contribution is 5.82. The van der Waals surface area contributed by atoms with Gasteiger partial charge >= 0.3 is 0 Å². The van der Waals surface area contributed by atoms with E-state index in [0.29, 0.717) is 27.9 Å². The summed E-state index contributed by atoms with van der Waals surface area (Å²) < 4.78 is 18.5. The molecule has 3 aromatic rings. The Bertz CT molecular complexity index is 817. The molecule has 0 aliphatic heterocycles. The first-order valence-corrected chi connectivity index (χ1v) is 6.80. The summed E-state index contributed by atoms with van der Waals surface area (Å²) in [5.74, 6) is 0.329. The summed E-state index contributed by atoms with van der Waals surface area (Å²) in [6, 6.07) is 11.3. The summed E-state index contributed by atoms with van der Waals surface area (Å²) in [7, 11) is 1.58. The van der Waals surface area contributed by atoms with Gasteiger partial charge in [0.1, 0.15) is 23.5 Å². The number of nitrogens with zero attached hydrogens (tertiary/aromatic N) is 2. The number of rotatable bonds is 3. The third-order valence-electron chi connectivity index (χ3n) is 3.71. The molecule has 2 aromatic carbocycles. The zero-order valence-electron chi connectivity index (χ0n) is 12.2. The second-order valence-electron chi connectivity index (χ2n) is 5.18. The summed E-state index contributed by atoms with van der Waals surface area (Å²) in [5, 5.41) is 11.6. The number of fused-ring (bicyclic) bond motifs is 1. The van der Waals surface area contributed by atoms with E-state index in [1.807, 2.05) is 0 Å². The fourth-order valence-corrected chi connectivity index (χ4v) is 2.47. The molecule has 3 rings (SSSR count). The standard InChI is InChI=1S/C17H15FN2O2/c1-17(21,11-3-6-13(22-2)7-4-11)16-14-8-5-12(18)9-15(14)19-10-20-16/h3-10,21H,1-2H3. The van der Waals surface area contributed by atoms with Crippen molar-refractivity contribution >= 4 is 10.9 Å². The lowest BCUT2D eigenvalue weighted by atomic mass is 9.90. The van der Waals surface area contributed by atoms with Gasteiger partial charge in [-0.1, -0.05) is 12.1 Å². The third kappa shape index (κ3) is 2.40. The van der Waals surface area contributed by atoms with Crippen molar-refractivity contribution < 1.29 is 14.2 Å². The maximum absolute atomic E-state index is 13.3. The smallest absolute Gasteiger partial charge is 0.129 e. The topological polar surface area (TPSA) is 55.2 Å². The van der Waals surface area contributed by atoms with E-state index in [2.05, 4.69) is 9.97 Å². The number of aromatic nitrogens is 2. The van der Waals surface area contributed by atoms with E-state index in [9.17, 15) is 9.50 Å². The largest absolute Gasteiger partial charge is 0.497 e. The van der Waals surface area contributed by atoms with Crippen LogP contribution in [0.4, 0.5) is 4.39 Å². The Morgan fingerprint density at radius 2 is 1.82 bits per heavy atom. The Balaban J connectivity index is 2.15. The van der Waals surface area contributed by atoms with Crippen LogP contribution in [0.3, 0.4) is 0 Å². The molecule has 0 saturated heterocycles. The molecule has 0 fully saturated rings. The lowest BCUT2D eigenvalue weighted by Crippen LogP contribution is -2.24. The van der Waals surface area contributed by atoms with Crippen LogP contribution in [-0.4, -0.2) is 22.2 Å². The first kappa shape index (κ1) is 14.4. The summed E-state index contributed by atoms with van der Waals surface area (Å²) in [6.45, 7) is 1.65. The SMILES string of the molecule is COc1ccc(C(C)(O)c2ncnc3cc(F)ccc23)cc1. The summed E-state index contributed by atoms with van der Waals surface area (Å²) in [5.41, 5.74) is 0.227. The molecule has 1 heterocycles. The monoisotopic (exact) mass is 298 g/mol. The molecule has 0 radical (unpaired) electrons. The summed E-state index contributed by atoms with van der Waals surface area (Å²) in [4.78, 5) is 8.27. The average Bonchev–Trinajstić information content (AvgIpc) is 2.54. The minimum Gasteiger partial charge on any atom is -0.497 e. The highest BCUT2D eigenvalue weighted by Crippen LogP contribution is 2.32. The fourth-order valence-electron chi connectivity index (χ4n) is 2.47. The summed E-state index contributed by atoms with van der Waals surface area (Å²) >= 11 is 0. The third-order valence-corrected chi connectivity index (χ3v) is 3.71. The molecule has 1 unspecified atom stereocenters. The second kappa shape index (κ2) is 5.35. The number of hydrogen-bond donors (Lipinski definition) is 1. The van der Waals surface area contributed by atoms with Crippen LogP contribution < -0.4 is 4.74 Å². The molecule has 22 heavy (non-hydrogen) atoms. The number of benzene rings is 2. The number of methoxy groups -OCH3 is 1. The van der Waals surface area contributed by atoms with Crippen LogP contribution in [0.5, 0.6) is 5.75 Å². The molecule has 0 spiro atoms. The van der Waals surface area contributed by atoms with Gasteiger partial charge in [-0.3, -0.25) is 0 Å². The normalized spacial score (nSPS) is 13.8. The average molecular weight is 298 g/mol. The minimum atomic E-state index is -1.33. The fraction of sp³-hybridized carbons (Fsp3) is 0.176. The lowest BCUT2D eigenvalue weighted by Gasteiger charge is -2.24. The highest BCUT2D eigenvalue weighted by atomic mass is 19.1. The maximum Gasteiger partial charge on any atom is 0.129 e. The number of hydrogen-bond acceptors (Lipinski definition) is 4. The molecule has 1 aromatic heterocycles. The molecular formula is C17H15FN2O2. The molecule has 1 N–H and O–H groups in total. The number of aliphatic hydroxyl groups is 1. The van der Waals surface area contributed by atoms with Gasteiger partial charge in [0.05, 0.1) is 18.3 Å². The zero-order valence-corrected chi connectivity index (χ0v) is 12.2. The molecule has 0 bridgehead atoms. The molecule has 0 saturated carbocycles. The van der Waals surface area contributed by atoms with Gasteiger partial charge in [-0.05, 0) is 36.8 Å². The van der Waals surface area contributed by atoms with Crippen LogP contribution >= 0.6 is 0 Å². The van der Waals surface area contributed by atoms with E-state index in [4.69, 9.17) is 4.74 Å². The Kier molecular flexibility index (Phi) is 3.50. The Labute approximate surface area is 127 Å². The van der Waals surface area contributed by atoms with Crippen LogP contribution in [0, 0.1) is 5.82 Å². The molecule has 5 heteroatoms. The van der Waals surface area contributed by atoms with Gasteiger partial charge in [-0.2, -0.15) is 0 Å². The Hall–Kier alpha value is -2.53. The molecule has 0 amide bonds. The number of halogens is 1. The van der Waals surface area contributed by atoms with Gasteiger partial charge in [0.15, 0.2) is 0 Å². The zero-order chi connectivity index (χ0) is 15.7. The quantitative estimate of drug-likeness (QED) is 0.807. The van der Waals surface area contributed by atoms with E-state index < -0.39 is 5.60 Å². The maximum atomic E-state index is 13.3. The first-order chi connectivity index (χ1) is 10.5. The molecule has 112 valence electrons. The van der Waals surface area contributed by atoms with Crippen molar-refractivity contribution in [3.63, 3.8) is 0 Å². The van der Waals surface area contributed by atoms with Crippen molar-refractivity contribution in [2.24, 2.45) is 0 Å². The van der Waals surface area contributed by atoms with Gasteiger partial charge in [-0.15, -0.1) is 0 Å². The summed E-state index contributed by atoms with van der Waals surface area (Å²) in [6.07, 6.45) is 1.33. The highest BCUT2D eigenvalue weighted by Gasteiger charge is 2.29. The first-order valence-electron chi connectivity index (χ1n) is 6.80. The van der Waals surface area contributed by atoms with Gasteiger partial charge in [0, 0.05) is 11.5 Å². The minimum absolute atomic E-state index is 0.374. The van der Waals surface area contributed by atoms with Crippen molar-refractivity contribution in [1.29, 1.82) is 0 Å². The van der Waals surface area contributed by atoms with Crippen molar-refractivity contribution in [3.05, 3.63) is 65.9 Å².